The molecular formula is C15H19N3. The third-order valence-corrected chi connectivity index (χ3v) is 3.85. The number of nitrogens with one attached hydrogen (secondary N) is 1. The highest BCUT2D eigenvalue weighted by Crippen LogP contribution is 2.38. The lowest BCUT2D eigenvalue weighted by Gasteiger charge is -2.18. The predicted molar refractivity (Wildman–Crippen MR) is 74.6 cm³/mol. The van der Waals surface area contributed by atoms with Crippen molar-refractivity contribution >= 4 is 16.7 Å². The van der Waals surface area contributed by atoms with Crippen LogP contribution in [0.5, 0.6) is 0 Å². The van der Waals surface area contributed by atoms with E-state index in [2.05, 4.69) is 35.2 Å². The van der Waals surface area contributed by atoms with Crippen molar-refractivity contribution in [3.63, 3.8) is 0 Å². The minimum Gasteiger partial charge on any atom is -0.367 e. The van der Waals surface area contributed by atoms with Crippen molar-refractivity contribution in [2.24, 2.45) is 5.41 Å². The summed E-state index contributed by atoms with van der Waals surface area (Å²) in [6, 6.07) is 8.70. The first kappa shape index (κ1) is 11.5. The highest BCUT2D eigenvalue weighted by atomic mass is 15.0. The van der Waals surface area contributed by atoms with Gasteiger partial charge in [-0.15, -0.1) is 0 Å². The number of nitrogens with zero attached hydrogens (tertiary/aromatic N) is 2. The summed E-state index contributed by atoms with van der Waals surface area (Å²) in [5.41, 5.74) is 1.47. The molecule has 1 aromatic carbocycles. The Morgan fingerprint density at radius 2 is 2.06 bits per heavy atom. The van der Waals surface area contributed by atoms with Crippen molar-refractivity contribution in [3.05, 3.63) is 30.6 Å². The Kier molecular flexibility index (Phi) is 2.69. The van der Waals surface area contributed by atoms with E-state index in [0.29, 0.717) is 11.5 Å². The van der Waals surface area contributed by atoms with Crippen molar-refractivity contribution in [2.75, 3.05) is 5.32 Å². The topological polar surface area (TPSA) is 37.8 Å². The molecule has 1 heterocycles. The quantitative estimate of drug-likeness (QED) is 0.872. The molecule has 94 valence electrons. The molecule has 1 fully saturated rings. The first-order valence-electron chi connectivity index (χ1n) is 6.60. The molecule has 0 amide bonds. The van der Waals surface area contributed by atoms with Crippen molar-refractivity contribution in [1.29, 1.82) is 0 Å². The minimum absolute atomic E-state index is 0.459. The third kappa shape index (κ3) is 2.17. The van der Waals surface area contributed by atoms with E-state index in [1.807, 2.05) is 18.2 Å². The number of rotatable bonds is 2. The van der Waals surface area contributed by atoms with Crippen molar-refractivity contribution < 1.29 is 0 Å². The molecule has 1 aliphatic rings. The van der Waals surface area contributed by atoms with Crippen LogP contribution in [0.2, 0.25) is 0 Å². The molecule has 0 bridgehead atoms. The van der Waals surface area contributed by atoms with Gasteiger partial charge in [-0.2, -0.15) is 0 Å². The molecule has 1 aromatic heterocycles. The second-order valence-electron chi connectivity index (χ2n) is 5.99. The molecule has 1 unspecified atom stereocenters. The van der Waals surface area contributed by atoms with Gasteiger partial charge in [-0.3, -0.25) is 0 Å². The van der Waals surface area contributed by atoms with Gasteiger partial charge in [0.2, 0.25) is 0 Å². The Bertz CT molecular complexity index is 557. The lowest BCUT2D eigenvalue weighted by Crippen LogP contribution is -2.18. The number of fused-ring (bicyclic) bond motifs is 1. The average molecular weight is 241 g/mol. The maximum absolute atomic E-state index is 4.40. The average Bonchev–Trinajstić information content (AvgIpc) is 2.69. The summed E-state index contributed by atoms with van der Waals surface area (Å²) in [5.74, 6) is 0.975. The standard InChI is InChI=1S/C15H19N3/c1-15(2)8-7-11(9-15)18-14-12-5-3-4-6-13(12)16-10-17-14/h3-6,10-11H,7-9H2,1-2H3,(H,16,17,18). The maximum atomic E-state index is 4.40. The van der Waals surface area contributed by atoms with E-state index in [4.69, 9.17) is 0 Å². The summed E-state index contributed by atoms with van der Waals surface area (Å²) in [4.78, 5) is 8.69. The fourth-order valence-corrected chi connectivity index (χ4v) is 2.87. The first-order chi connectivity index (χ1) is 8.64. The van der Waals surface area contributed by atoms with Crippen molar-refractivity contribution in [1.82, 2.24) is 9.97 Å². The van der Waals surface area contributed by atoms with Gasteiger partial charge in [-0.05, 0) is 36.8 Å². The van der Waals surface area contributed by atoms with Crippen LogP contribution in [0.4, 0.5) is 5.82 Å². The lowest BCUT2D eigenvalue weighted by atomic mass is 9.92. The molecule has 0 saturated heterocycles. The second kappa shape index (κ2) is 4.23. The number of aromatic nitrogens is 2. The van der Waals surface area contributed by atoms with Gasteiger partial charge in [0, 0.05) is 11.4 Å². The van der Waals surface area contributed by atoms with E-state index in [1.54, 1.807) is 6.33 Å². The van der Waals surface area contributed by atoms with Gasteiger partial charge < -0.3 is 5.32 Å². The van der Waals surface area contributed by atoms with Gasteiger partial charge >= 0.3 is 0 Å². The molecule has 1 aliphatic carbocycles. The zero-order valence-electron chi connectivity index (χ0n) is 11.0. The zero-order valence-corrected chi connectivity index (χ0v) is 11.0. The molecule has 3 heteroatoms. The van der Waals surface area contributed by atoms with Crippen LogP contribution in [0.15, 0.2) is 30.6 Å². The highest BCUT2D eigenvalue weighted by molar-refractivity contribution is 5.88. The number of para-hydroxylation sites is 1. The van der Waals surface area contributed by atoms with Crippen molar-refractivity contribution in [3.8, 4) is 0 Å². The van der Waals surface area contributed by atoms with Gasteiger partial charge in [0.1, 0.15) is 12.1 Å². The van der Waals surface area contributed by atoms with Crippen LogP contribution in [-0.4, -0.2) is 16.0 Å². The van der Waals surface area contributed by atoms with Gasteiger partial charge in [0.05, 0.1) is 5.52 Å². The van der Waals surface area contributed by atoms with Crippen LogP contribution in [0.25, 0.3) is 10.9 Å². The fraction of sp³-hybridized carbons (Fsp3) is 0.467. The van der Waals surface area contributed by atoms with E-state index in [9.17, 15) is 0 Å². The van der Waals surface area contributed by atoms with Crippen LogP contribution in [0.3, 0.4) is 0 Å². The first-order valence-corrected chi connectivity index (χ1v) is 6.60. The molecule has 1 atom stereocenters. The van der Waals surface area contributed by atoms with Crippen LogP contribution in [0.1, 0.15) is 33.1 Å². The lowest BCUT2D eigenvalue weighted by molar-refractivity contribution is 0.378. The Morgan fingerprint density at radius 1 is 1.22 bits per heavy atom. The van der Waals surface area contributed by atoms with E-state index < -0.39 is 0 Å². The predicted octanol–water partition coefficient (Wildman–Crippen LogP) is 3.62. The summed E-state index contributed by atoms with van der Waals surface area (Å²) in [6.45, 7) is 4.68. The number of hydrogen-bond acceptors (Lipinski definition) is 3. The Balaban J connectivity index is 1.87. The maximum Gasteiger partial charge on any atom is 0.137 e. The van der Waals surface area contributed by atoms with E-state index >= 15 is 0 Å². The Morgan fingerprint density at radius 3 is 2.83 bits per heavy atom. The summed E-state index contributed by atoms with van der Waals surface area (Å²) in [6.07, 6.45) is 5.37. The highest BCUT2D eigenvalue weighted by Gasteiger charge is 2.31. The van der Waals surface area contributed by atoms with Gasteiger partial charge in [0.25, 0.3) is 0 Å². The molecule has 3 nitrogen and oxygen atoms in total. The van der Waals surface area contributed by atoms with Gasteiger partial charge in [-0.1, -0.05) is 26.0 Å². The molecule has 1 N–H and O–H groups in total. The van der Waals surface area contributed by atoms with Crippen LogP contribution in [-0.2, 0) is 0 Å². The largest absolute Gasteiger partial charge is 0.367 e. The summed E-state index contributed by atoms with van der Waals surface area (Å²) < 4.78 is 0. The molecule has 0 aliphatic heterocycles. The number of benzene rings is 1. The van der Waals surface area contributed by atoms with E-state index in [1.165, 1.54) is 19.3 Å². The number of hydrogen-bond donors (Lipinski definition) is 1. The third-order valence-electron chi connectivity index (χ3n) is 3.85. The minimum atomic E-state index is 0.459. The molecule has 2 aromatic rings. The van der Waals surface area contributed by atoms with Crippen molar-refractivity contribution in [2.45, 2.75) is 39.2 Å². The second-order valence-corrected chi connectivity index (χ2v) is 5.99. The normalized spacial score (nSPS) is 22.2. The summed E-state index contributed by atoms with van der Waals surface area (Å²) in [7, 11) is 0. The Hall–Kier alpha value is -1.64. The molecular weight excluding hydrogens is 222 g/mol. The zero-order chi connectivity index (χ0) is 12.6. The SMILES string of the molecule is CC1(C)CCC(Nc2ncnc3ccccc23)C1. The molecule has 0 spiro atoms. The summed E-state index contributed by atoms with van der Waals surface area (Å²) in [5, 5.41) is 4.70. The van der Waals surface area contributed by atoms with E-state index in [-0.39, 0.29) is 0 Å². The number of anilines is 1. The molecule has 18 heavy (non-hydrogen) atoms. The van der Waals surface area contributed by atoms with Gasteiger partial charge in [0.15, 0.2) is 0 Å². The monoisotopic (exact) mass is 241 g/mol. The van der Waals surface area contributed by atoms with Gasteiger partial charge in [-0.25, -0.2) is 9.97 Å². The fourth-order valence-electron chi connectivity index (χ4n) is 2.87. The van der Waals surface area contributed by atoms with Crippen LogP contribution < -0.4 is 5.32 Å². The molecule has 0 radical (unpaired) electrons. The van der Waals surface area contributed by atoms with Crippen LogP contribution in [0, 0.1) is 5.41 Å². The molecule has 1 saturated carbocycles. The molecule has 3 rings (SSSR count). The van der Waals surface area contributed by atoms with E-state index in [0.717, 1.165) is 16.7 Å². The smallest absolute Gasteiger partial charge is 0.137 e. The summed E-state index contributed by atoms with van der Waals surface area (Å²) >= 11 is 0. The Labute approximate surface area is 108 Å². The van der Waals surface area contributed by atoms with Crippen LogP contribution >= 0.6 is 0 Å².